The zero-order valence-corrected chi connectivity index (χ0v) is 19.5. The van der Waals surface area contributed by atoms with Gasteiger partial charge in [0.1, 0.15) is 0 Å². The summed E-state index contributed by atoms with van der Waals surface area (Å²) in [5.74, 6) is -0.114. The summed E-state index contributed by atoms with van der Waals surface area (Å²) in [6, 6.07) is 12.0. The summed E-state index contributed by atoms with van der Waals surface area (Å²) < 4.78 is 0. The molecular weight excluding hydrogens is 414 g/mol. The fourth-order valence-electron chi connectivity index (χ4n) is 3.48. The van der Waals surface area contributed by atoms with Crippen LogP contribution in [0.15, 0.2) is 41.8 Å². The highest BCUT2D eigenvalue weighted by molar-refractivity contribution is 7.24. The monoisotopic (exact) mass is 443 g/mol. The molecule has 1 aromatic carbocycles. The molecule has 160 valence electrons. The van der Waals surface area contributed by atoms with E-state index in [1.807, 2.05) is 24.3 Å². The Hall–Kier alpha value is -2.19. The van der Waals surface area contributed by atoms with Crippen molar-refractivity contribution in [3.05, 3.63) is 47.3 Å². The number of amides is 1. The van der Waals surface area contributed by atoms with Crippen molar-refractivity contribution in [1.29, 1.82) is 0 Å². The van der Waals surface area contributed by atoms with E-state index >= 15 is 0 Å². The first kappa shape index (κ1) is 22.5. The molecule has 2 heterocycles. The third-order valence-corrected chi connectivity index (χ3v) is 6.83. The fraction of sp³-hybridized carbons (Fsp3) is 0.348. The molecule has 5 nitrogen and oxygen atoms in total. The molecule has 4 N–H and O–H groups in total. The second-order valence-corrected chi connectivity index (χ2v) is 10.4. The average Bonchev–Trinajstić information content (AvgIpc) is 3.28. The van der Waals surface area contributed by atoms with Crippen LogP contribution in [0, 0.1) is 0 Å². The number of hydrogen-bond acceptors (Lipinski definition) is 6. The fourth-order valence-corrected chi connectivity index (χ4v) is 5.64. The SMILES string of the molecule is CN(CCO)CC(=O)Nc1cccc(-c2c(N)sc(-c3cccs3)c2C(C)(C)C)c1. The number of nitrogen functional groups attached to an aromatic ring is 1. The van der Waals surface area contributed by atoms with Crippen molar-refractivity contribution in [2.45, 2.75) is 26.2 Å². The normalized spacial score (nSPS) is 11.8. The molecule has 1 amide bonds. The van der Waals surface area contributed by atoms with Gasteiger partial charge in [-0.15, -0.1) is 22.7 Å². The van der Waals surface area contributed by atoms with Crippen LogP contribution in [0.4, 0.5) is 10.7 Å². The topological polar surface area (TPSA) is 78.6 Å². The van der Waals surface area contributed by atoms with Crippen molar-refractivity contribution >= 4 is 39.3 Å². The zero-order valence-electron chi connectivity index (χ0n) is 17.9. The minimum atomic E-state index is -0.114. The number of aliphatic hydroxyl groups excluding tert-OH is 1. The molecular formula is C23H29N3O2S2. The Morgan fingerprint density at radius 3 is 2.63 bits per heavy atom. The van der Waals surface area contributed by atoms with Crippen molar-refractivity contribution in [3.8, 4) is 20.9 Å². The Morgan fingerprint density at radius 1 is 1.23 bits per heavy atom. The standard InChI is InChI=1S/C23H29N3O2S2/c1-23(2,3)20-19(22(24)30-21(20)17-9-6-12-29-17)15-7-5-8-16(13-15)25-18(28)14-26(4)10-11-27/h5-9,12-13,27H,10-11,14,24H2,1-4H3,(H,25,28). The highest BCUT2D eigenvalue weighted by atomic mass is 32.1. The van der Waals surface area contributed by atoms with Crippen LogP contribution in [0.3, 0.4) is 0 Å². The van der Waals surface area contributed by atoms with Crippen LogP contribution in [-0.4, -0.2) is 42.7 Å². The van der Waals surface area contributed by atoms with Crippen LogP contribution < -0.4 is 11.1 Å². The van der Waals surface area contributed by atoms with Gasteiger partial charge in [-0.3, -0.25) is 9.69 Å². The van der Waals surface area contributed by atoms with Crippen molar-refractivity contribution in [3.63, 3.8) is 0 Å². The molecule has 2 aromatic heterocycles. The molecule has 0 aliphatic rings. The van der Waals surface area contributed by atoms with Gasteiger partial charge in [-0.1, -0.05) is 39.0 Å². The summed E-state index contributed by atoms with van der Waals surface area (Å²) in [6.07, 6.45) is 0. The zero-order chi connectivity index (χ0) is 21.9. The number of likely N-dealkylation sites (N-methyl/N-ethyl adjacent to an activating group) is 1. The van der Waals surface area contributed by atoms with Crippen molar-refractivity contribution < 1.29 is 9.90 Å². The van der Waals surface area contributed by atoms with Gasteiger partial charge in [-0.05, 0) is 47.2 Å². The third kappa shape index (κ3) is 5.10. The summed E-state index contributed by atoms with van der Waals surface area (Å²) in [7, 11) is 1.81. The quantitative estimate of drug-likeness (QED) is 0.486. The van der Waals surface area contributed by atoms with Crippen LogP contribution in [0.1, 0.15) is 26.3 Å². The lowest BCUT2D eigenvalue weighted by atomic mass is 9.82. The number of nitrogens with one attached hydrogen (secondary N) is 1. The summed E-state index contributed by atoms with van der Waals surface area (Å²) in [5.41, 5.74) is 10.5. The van der Waals surface area contributed by atoms with Gasteiger partial charge in [0.15, 0.2) is 0 Å². The highest BCUT2D eigenvalue weighted by Crippen LogP contribution is 2.50. The Labute approximate surface area is 186 Å². The number of nitrogens with zero attached hydrogens (tertiary/aromatic N) is 1. The lowest BCUT2D eigenvalue weighted by Gasteiger charge is -2.22. The maximum atomic E-state index is 12.3. The van der Waals surface area contributed by atoms with Crippen molar-refractivity contribution in [2.75, 3.05) is 37.8 Å². The van der Waals surface area contributed by atoms with E-state index in [0.717, 1.165) is 21.8 Å². The Balaban J connectivity index is 1.97. The molecule has 30 heavy (non-hydrogen) atoms. The van der Waals surface area contributed by atoms with E-state index in [1.54, 1.807) is 34.6 Å². The number of anilines is 2. The highest BCUT2D eigenvalue weighted by Gasteiger charge is 2.28. The van der Waals surface area contributed by atoms with Crippen LogP contribution >= 0.6 is 22.7 Å². The van der Waals surface area contributed by atoms with Gasteiger partial charge in [0, 0.05) is 22.7 Å². The summed E-state index contributed by atoms with van der Waals surface area (Å²) in [5, 5.41) is 14.8. The van der Waals surface area contributed by atoms with Crippen LogP contribution in [-0.2, 0) is 10.2 Å². The maximum absolute atomic E-state index is 12.3. The number of benzene rings is 1. The minimum absolute atomic E-state index is 0.0266. The molecule has 0 fully saturated rings. The molecule has 0 bridgehead atoms. The average molecular weight is 444 g/mol. The molecule has 0 aliphatic heterocycles. The number of aliphatic hydroxyl groups is 1. The molecule has 3 rings (SSSR count). The van der Waals surface area contributed by atoms with Gasteiger partial charge in [0.2, 0.25) is 5.91 Å². The molecule has 0 unspecified atom stereocenters. The van der Waals surface area contributed by atoms with E-state index < -0.39 is 0 Å². The smallest absolute Gasteiger partial charge is 0.238 e. The van der Waals surface area contributed by atoms with E-state index in [9.17, 15) is 4.79 Å². The van der Waals surface area contributed by atoms with Gasteiger partial charge >= 0.3 is 0 Å². The minimum Gasteiger partial charge on any atom is -0.395 e. The molecule has 0 saturated heterocycles. The Kier molecular flexibility index (Phi) is 6.98. The Bertz CT molecular complexity index is 1000. The number of carbonyl (C=O) groups is 1. The molecule has 0 atom stereocenters. The molecule has 0 saturated carbocycles. The molecule has 0 spiro atoms. The maximum Gasteiger partial charge on any atom is 0.238 e. The van der Waals surface area contributed by atoms with E-state index in [0.29, 0.717) is 6.54 Å². The van der Waals surface area contributed by atoms with Crippen LogP contribution in [0.25, 0.3) is 20.9 Å². The number of hydrogen-bond donors (Lipinski definition) is 3. The molecule has 0 radical (unpaired) electrons. The van der Waals surface area contributed by atoms with Gasteiger partial charge in [0.05, 0.1) is 23.0 Å². The van der Waals surface area contributed by atoms with E-state index in [-0.39, 0.29) is 24.5 Å². The van der Waals surface area contributed by atoms with Gasteiger partial charge in [-0.25, -0.2) is 0 Å². The Morgan fingerprint density at radius 2 is 2.00 bits per heavy atom. The van der Waals surface area contributed by atoms with Crippen molar-refractivity contribution in [1.82, 2.24) is 4.90 Å². The van der Waals surface area contributed by atoms with Crippen molar-refractivity contribution in [2.24, 2.45) is 0 Å². The number of thiophene rings is 2. The summed E-state index contributed by atoms with van der Waals surface area (Å²) >= 11 is 3.34. The first-order chi connectivity index (χ1) is 14.2. The largest absolute Gasteiger partial charge is 0.395 e. The van der Waals surface area contributed by atoms with Crippen LogP contribution in [0.2, 0.25) is 0 Å². The predicted molar refractivity (Wildman–Crippen MR) is 129 cm³/mol. The number of nitrogens with two attached hydrogens (primary N) is 1. The second kappa shape index (κ2) is 9.31. The molecule has 3 aromatic rings. The second-order valence-electron chi connectivity index (χ2n) is 8.36. The lowest BCUT2D eigenvalue weighted by Crippen LogP contribution is -2.32. The first-order valence-electron chi connectivity index (χ1n) is 9.87. The molecule has 0 aliphatic carbocycles. The summed E-state index contributed by atoms with van der Waals surface area (Å²) in [4.78, 5) is 16.6. The van der Waals surface area contributed by atoms with E-state index in [1.165, 1.54) is 15.3 Å². The van der Waals surface area contributed by atoms with Crippen LogP contribution in [0.5, 0.6) is 0 Å². The third-order valence-electron chi connectivity index (χ3n) is 4.76. The number of carbonyl (C=O) groups excluding carboxylic acids is 1. The van der Waals surface area contributed by atoms with Gasteiger partial charge < -0.3 is 16.2 Å². The van der Waals surface area contributed by atoms with E-state index in [4.69, 9.17) is 10.8 Å². The van der Waals surface area contributed by atoms with E-state index in [2.05, 4.69) is 43.6 Å². The lowest BCUT2D eigenvalue weighted by molar-refractivity contribution is -0.117. The molecule has 7 heteroatoms. The first-order valence-corrected chi connectivity index (χ1v) is 11.6. The predicted octanol–water partition coefficient (Wildman–Crippen LogP) is 4.89. The number of rotatable bonds is 7. The van der Waals surface area contributed by atoms with Gasteiger partial charge in [0.25, 0.3) is 0 Å². The van der Waals surface area contributed by atoms with Gasteiger partial charge in [-0.2, -0.15) is 0 Å². The summed E-state index contributed by atoms with van der Waals surface area (Å²) in [6.45, 7) is 7.33.